The highest BCUT2D eigenvalue weighted by Gasteiger charge is 2.22. The van der Waals surface area contributed by atoms with E-state index >= 15 is 0 Å². The number of fused-ring (bicyclic) bond motifs is 2. The number of methoxy groups -OCH3 is 2. The number of phenols is 2. The number of rotatable bonds is 3. The van der Waals surface area contributed by atoms with E-state index in [4.69, 9.17) is 9.47 Å². The fourth-order valence-electron chi connectivity index (χ4n) is 3.44. The van der Waals surface area contributed by atoms with Crippen molar-refractivity contribution in [2.24, 2.45) is 0 Å². The van der Waals surface area contributed by atoms with Crippen LogP contribution < -0.4 is 9.47 Å². The molecule has 0 spiro atoms. The fraction of sp³-hybridized carbons (Fsp3) is 0.0909. The quantitative estimate of drug-likeness (QED) is 0.542. The molecule has 4 aromatic rings. The van der Waals surface area contributed by atoms with E-state index in [1.807, 2.05) is 48.5 Å². The summed E-state index contributed by atoms with van der Waals surface area (Å²) in [5.74, 6) is 0.676. The number of hydrogen-bond acceptors (Lipinski definition) is 4. The maximum Gasteiger partial charge on any atom is 0.166 e. The van der Waals surface area contributed by atoms with Gasteiger partial charge in [-0.1, -0.05) is 48.5 Å². The SMILES string of the molecule is COc1cc2ccccc2c(-c2c(O)c(OC)cc3ccccc23)c1O. The monoisotopic (exact) mass is 346 g/mol. The molecule has 4 rings (SSSR count). The molecule has 0 aliphatic rings. The summed E-state index contributed by atoms with van der Waals surface area (Å²) in [6.45, 7) is 0. The van der Waals surface area contributed by atoms with Crippen molar-refractivity contribution < 1.29 is 19.7 Å². The van der Waals surface area contributed by atoms with Crippen molar-refractivity contribution in [2.75, 3.05) is 14.2 Å². The molecular weight excluding hydrogens is 328 g/mol. The zero-order valence-electron chi connectivity index (χ0n) is 14.5. The normalized spacial score (nSPS) is 11.0. The first kappa shape index (κ1) is 16.1. The van der Waals surface area contributed by atoms with Crippen molar-refractivity contribution in [3.63, 3.8) is 0 Å². The predicted octanol–water partition coefficient (Wildman–Crippen LogP) is 5.09. The van der Waals surface area contributed by atoms with Gasteiger partial charge in [0, 0.05) is 11.1 Å². The van der Waals surface area contributed by atoms with E-state index in [1.54, 1.807) is 12.1 Å². The van der Waals surface area contributed by atoms with Crippen LogP contribution in [0.3, 0.4) is 0 Å². The standard InChI is InChI=1S/C22H18O4/c1-25-17-11-13-7-3-5-9-15(13)19(21(17)23)20-16-10-6-4-8-14(16)12-18(26-2)22(20)24/h3-12,23-24H,1-2H3. The van der Waals surface area contributed by atoms with Crippen molar-refractivity contribution in [2.45, 2.75) is 0 Å². The Morgan fingerprint density at radius 3 is 1.38 bits per heavy atom. The van der Waals surface area contributed by atoms with Gasteiger partial charge in [0.2, 0.25) is 0 Å². The summed E-state index contributed by atoms with van der Waals surface area (Å²) in [5.41, 5.74) is 1.04. The Morgan fingerprint density at radius 1 is 0.615 bits per heavy atom. The lowest BCUT2D eigenvalue weighted by Crippen LogP contribution is -1.93. The Balaban J connectivity index is 2.24. The van der Waals surface area contributed by atoms with Crippen LogP contribution in [0, 0.1) is 0 Å². The summed E-state index contributed by atoms with van der Waals surface area (Å²) in [4.78, 5) is 0. The lowest BCUT2D eigenvalue weighted by atomic mass is 9.91. The summed E-state index contributed by atoms with van der Waals surface area (Å²) < 4.78 is 10.7. The maximum absolute atomic E-state index is 10.9. The summed E-state index contributed by atoms with van der Waals surface area (Å²) >= 11 is 0. The smallest absolute Gasteiger partial charge is 0.166 e. The van der Waals surface area contributed by atoms with E-state index in [0.29, 0.717) is 22.6 Å². The third kappa shape index (κ3) is 2.30. The van der Waals surface area contributed by atoms with Crippen LogP contribution in [-0.2, 0) is 0 Å². The molecule has 130 valence electrons. The second kappa shape index (κ2) is 6.15. The van der Waals surface area contributed by atoms with Gasteiger partial charge in [-0.15, -0.1) is 0 Å². The van der Waals surface area contributed by atoms with E-state index in [0.717, 1.165) is 21.5 Å². The van der Waals surface area contributed by atoms with Crippen LogP contribution in [0.4, 0.5) is 0 Å². The molecule has 0 fully saturated rings. The number of benzene rings is 4. The van der Waals surface area contributed by atoms with Gasteiger partial charge >= 0.3 is 0 Å². The molecule has 4 nitrogen and oxygen atoms in total. The second-order valence-corrected chi connectivity index (χ2v) is 6.05. The number of aromatic hydroxyl groups is 2. The Labute approximate surface area is 150 Å². The Bertz CT molecular complexity index is 1040. The molecule has 0 aliphatic carbocycles. The highest BCUT2D eigenvalue weighted by molar-refractivity contribution is 6.11. The highest BCUT2D eigenvalue weighted by Crippen LogP contribution is 2.51. The summed E-state index contributed by atoms with van der Waals surface area (Å²) in [6, 6.07) is 18.9. The van der Waals surface area contributed by atoms with E-state index in [1.165, 1.54) is 14.2 Å². The second-order valence-electron chi connectivity index (χ2n) is 6.05. The van der Waals surface area contributed by atoms with Gasteiger partial charge in [-0.3, -0.25) is 0 Å². The molecule has 0 saturated heterocycles. The average Bonchev–Trinajstić information content (AvgIpc) is 2.68. The van der Waals surface area contributed by atoms with Crippen molar-refractivity contribution in [1.82, 2.24) is 0 Å². The number of hydrogen-bond donors (Lipinski definition) is 2. The van der Waals surface area contributed by atoms with Gasteiger partial charge in [0.1, 0.15) is 0 Å². The van der Waals surface area contributed by atoms with Gasteiger partial charge in [0.15, 0.2) is 23.0 Å². The van der Waals surface area contributed by atoms with Crippen LogP contribution in [0.15, 0.2) is 60.7 Å². The first-order chi connectivity index (χ1) is 12.7. The Hall–Kier alpha value is -3.40. The number of ether oxygens (including phenoxy) is 2. The minimum Gasteiger partial charge on any atom is -0.504 e. The van der Waals surface area contributed by atoms with Crippen molar-refractivity contribution >= 4 is 21.5 Å². The lowest BCUT2D eigenvalue weighted by molar-refractivity contribution is 0.372. The average molecular weight is 346 g/mol. The minimum atomic E-state index is -0.0140. The van der Waals surface area contributed by atoms with E-state index in [-0.39, 0.29) is 11.5 Å². The third-order valence-corrected chi connectivity index (χ3v) is 4.66. The van der Waals surface area contributed by atoms with E-state index in [2.05, 4.69) is 0 Å². The van der Waals surface area contributed by atoms with Gasteiger partial charge in [0.25, 0.3) is 0 Å². The molecule has 2 N–H and O–H groups in total. The summed E-state index contributed by atoms with van der Waals surface area (Å²) in [5, 5.41) is 25.3. The van der Waals surface area contributed by atoms with Crippen molar-refractivity contribution in [3.8, 4) is 34.1 Å². The zero-order chi connectivity index (χ0) is 18.3. The van der Waals surface area contributed by atoms with Crippen molar-refractivity contribution in [1.29, 1.82) is 0 Å². The molecule has 26 heavy (non-hydrogen) atoms. The van der Waals surface area contributed by atoms with Gasteiger partial charge < -0.3 is 19.7 Å². The molecule has 0 unspecified atom stereocenters. The van der Waals surface area contributed by atoms with Crippen molar-refractivity contribution in [3.05, 3.63) is 60.7 Å². The lowest BCUT2D eigenvalue weighted by Gasteiger charge is -2.18. The van der Waals surface area contributed by atoms with E-state index in [9.17, 15) is 10.2 Å². The van der Waals surface area contributed by atoms with E-state index < -0.39 is 0 Å². The topological polar surface area (TPSA) is 58.9 Å². The molecule has 0 atom stereocenters. The Morgan fingerprint density at radius 2 is 1.00 bits per heavy atom. The van der Waals surface area contributed by atoms with Crippen LogP contribution >= 0.6 is 0 Å². The molecular formula is C22H18O4. The molecule has 4 aromatic carbocycles. The number of phenolic OH excluding ortho intramolecular Hbond substituents is 2. The van der Waals surface area contributed by atoms with Gasteiger partial charge in [0.05, 0.1) is 14.2 Å². The molecule has 0 bridgehead atoms. The molecule has 0 amide bonds. The minimum absolute atomic E-state index is 0.0140. The molecule has 0 aromatic heterocycles. The van der Waals surface area contributed by atoms with Gasteiger partial charge in [-0.05, 0) is 33.7 Å². The molecule has 0 aliphatic heterocycles. The summed E-state index contributed by atoms with van der Waals surface area (Å²) in [7, 11) is 3.02. The maximum atomic E-state index is 10.9. The Kier molecular flexibility index (Phi) is 3.81. The van der Waals surface area contributed by atoms with Crippen LogP contribution in [0.1, 0.15) is 0 Å². The van der Waals surface area contributed by atoms with Crippen LogP contribution in [-0.4, -0.2) is 24.4 Å². The largest absolute Gasteiger partial charge is 0.504 e. The zero-order valence-corrected chi connectivity index (χ0v) is 14.5. The van der Waals surface area contributed by atoms with Gasteiger partial charge in [-0.25, -0.2) is 0 Å². The molecule has 0 saturated carbocycles. The van der Waals surface area contributed by atoms with Crippen LogP contribution in [0.2, 0.25) is 0 Å². The molecule has 0 radical (unpaired) electrons. The first-order valence-electron chi connectivity index (χ1n) is 8.23. The van der Waals surface area contributed by atoms with Gasteiger partial charge in [-0.2, -0.15) is 0 Å². The summed E-state index contributed by atoms with van der Waals surface area (Å²) in [6.07, 6.45) is 0. The predicted molar refractivity (Wildman–Crippen MR) is 103 cm³/mol. The molecule has 4 heteroatoms. The van der Waals surface area contributed by atoms with Crippen LogP contribution in [0.25, 0.3) is 32.7 Å². The van der Waals surface area contributed by atoms with Crippen LogP contribution in [0.5, 0.6) is 23.0 Å². The fourth-order valence-corrected chi connectivity index (χ4v) is 3.44. The first-order valence-corrected chi connectivity index (χ1v) is 8.23. The molecule has 0 heterocycles. The highest BCUT2D eigenvalue weighted by atomic mass is 16.5. The third-order valence-electron chi connectivity index (χ3n) is 4.66.